The van der Waals surface area contributed by atoms with E-state index in [1.807, 2.05) is 31.2 Å². The molecule has 4 aromatic rings. The largest absolute Gasteiger partial charge is 0.489 e. The molecule has 0 unspecified atom stereocenters. The lowest BCUT2D eigenvalue weighted by atomic mass is 10.1. The van der Waals surface area contributed by atoms with Crippen LogP contribution in [-0.2, 0) is 13.2 Å². The molecular formula is C23H21FN4O3. The number of rotatable bonds is 7. The van der Waals surface area contributed by atoms with Crippen LogP contribution in [0.3, 0.4) is 0 Å². The fraction of sp³-hybridized carbons (Fsp3) is 0.174. The van der Waals surface area contributed by atoms with Gasteiger partial charge in [0.25, 0.3) is 5.91 Å². The van der Waals surface area contributed by atoms with Crippen molar-refractivity contribution in [3.8, 4) is 5.75 Å². The monoisotopic (exact) mass is 420 g/mol. The highest BCUT2D eigenvalue weighted by molar-refractivity contribution is 6.03. The molecule has 0 radical (unpaired) electrons. The summed E-state index contributed by atoms with van der Waals surface area (Å²) in [5.41, 5.74) is 3.44. The fourth-order valence-electron chi connectivity index (χ4n) is 3.04. The van der Waals surface area contributed by atoms with Crippen LogP contribution in [0.15, 0.2) is 65.4 Å². The van der Waals surface area contributed by atoms with Gasteiger partial charge in [0.1, 0.15) is 23.9 Å². The molecule has 2 aromatic carbocycles. The number of carbonyl (C=O) groups excluding carboxylic acids is 1. The lowest BCUT2D eigenvalue weighted by molar-refractivity contribution is 0.101. The molecule has 0 saturated heterocycles. The van der Waals surface area contributed by atoms with Crippen molar-refractivity contribution in [1.82, 2.24) is 14.9 Å². The Hall–Kier alpha value is -3.94. The van der Waals surface area contributed by atoms with Crippen LogP contribution in [0.25, 0.3) is 0 Å². The molecule has 0 atom stereocenters. The summed E-state index contributed by atoms with van der Waals surface area (Å²) in [4.78, 5) is 12.7. The van der Waals surface area contributed by atoms with Crippen molar-refractivity contribution in [3.63, 3.8) is 0 Å². The first kappa shape index (κ1) is 20.3. The Morgan fingerprint density at radius 3 is 2.77 bits per heavy atom. The van der Waals surface area contributed by atoms with Crippen LogP contribution < -0.4 is 10.1 Å². The lowest BCUT2D eigenvalue weighted by Gasteiger charge is -2.07. The Bertz CT molecular complexity index is 1200. The van der Waals surface area contributed by atoms with Gasteiger partial charge in [-0.25, -0.2) is 4.39 Å². The summed E-state index contributed by atoms with van der Waals surface area (Å²) in [7, 11) is 0. The first-order valence-electron chi connectivity index (χ1n) is 9.71. The number of amides is 1. The summed E-state index contributed by atoms with van der Waals surface area (Å²) >= 11 is 0. The molecule has 1 amide bonds. The minimum atomic E-state index is -0.440. The maximum absolute atomic E-state index is 13.3. The lowest BCUT2D eigenvalue weighted by Crippen LogP contribution is -2.15. The van der Waals surface area contributed by atoms with Gasteiger partial charge in [0, 0.05) is 12.3 Å². The predicted molar refractivity (Wildman–Crippen MR) is 112 cm³/mol. The molecule has 31 heavy (non-hydrogen) atoms. The molecule has 8 heteroatoms. The van der Waals surface area contributed by atoms with Gasteiger partial charge in [-0.15, -0.1) is 0 Å². The molecule has 0 aliphatic heterocycles. The number of benzene rings is 2. The average molecular weight is 420 g/mol. The van der Waals surface area contributed by atoms with Crippen molar-refractivity contribution in [2.75, 3.05) is 5.32 Å². The number of aromatic nitrogens is 3. The fourth-order valence-corrected chi connectivity index (χ4v) is 3.04. The maximum atomic E-state index is 13.3. The molecule has 0 bridgehead atoms. The van der Waals surface area contributed by atoms with E-state index in [0.717, 1.165) is 5.56 Å². The van der Waals surface area contributed by atoms with Crippen LogP contribution >= 0.6 is 0 Å². The van der Waals surface area contributed by atoms with Crippen molar-refractivity contribution in [2.24, 2.45) is 0 Å². The normalized spacial score (nSPS) is 10.8. The third kappa shape index (κ3) is 4.98. The Morgan fingerprint density at radius 2 is 2.00 bits per heavy atom. The van der Waals surface area contributed by atoms with Crippen LogP contribution in [0.1, 0.15) is 32.9 Å². The number of hydrogen-bond donors (Lipinski definition) is 1. The van der Waals surface area contributed by atoms with Crippen LogP contribution in [0.5, 0.6) is 5.75 Å². The van der Waals surface area contributed by atoms with E-state index >= 15 is 0 Å². The van der Waals surface area contributed by atoms with E-state index in [2.05, 4.69) is 15.6 Å². The molecule has 0 saturated carbocycles. The van der Waals surface area contributed by atoms with Gasteiger partial charge in [-0.1, -0.05) is 41.1 Å². The van der Waals surface area contributed by atoms with E-state index in [9.17, 15) is 9.18 Å². The summed E-state index contributed by atoms with van der Waals surface area (Å²) < 4.78 is 25.8. The molecular weight excluding hydrogens is 399 g/mol. The van der Waals surface area contributed by atoms with Gasteiger partial charge in [0.05, 0.1) is 24.0 Å². The second-order valence-corrected chi connectivity index (χ2v) is 7.18. The summed E-state index contributed by atoms with van der Waals surface area (Å²) in [6.07, 6.45) is 3.32. The van der Waals surface area contributed by atoms with Crippen molar-refractivity contribution in [3.05, 3.63) is 94.9 Å². The summed E-state index contributed by atoms with van der Waals surface area (Å²) in [5.74, 6) is -0.0364. The van der Waals surface area contributed by atoms with E-state index < -0.39 is 11.7 Å². The first-order chi connectivity index (χ1) is 15.0. The molecule has 2 heterocycles. The molecule has 0 aliphatic carbocycles. The van der Waals surface area contributed by atoms with Gasteiger partial charge < -0.3 is 14.6 Å². The summed E-state index contributed by atoms with van der Waals surface area (Å²) in [5, 5.41) is 10.9. The van der Waals surface area contributed by atoms with E-state index in [1.54, 1.807) is 36.1 Å². The van der Waals surface area contributed by atoms with Crippen LogP contribution in [0.4, 0.5) is 10.1 Å². The molecule has 158 valence electrons. The number of carbonyl (C=O) groups is 1. The second kappa shape index (κ2) is 8.83. The molecule has 2 aromatic heterocycles. The third-order valence-electron chi connectivity index (χ3n) is 4.74. The highest BCUT2D eigenvalue weighted by Crippen LogP contribution is 2.20. The second-order valence-electron chi connectivity index (χ2n) is 7.18. The number of aryl methyl sites for hydroxylation is 2. The number of hydrogen-bond acceptors (Lipinski definition) is 5. The average Bonchev–Trinajstić information content (AvgIpc) is 3.34. The molecule has 0 aliphatic rings. The summed E-state index contributed by atoms with van der Waals surface area (Å²) in [6.45, 7) is 4.34. The third-order valence-corrected chi connectivity index (χ3v) is 4.74. The highest BCUT2D eigenvalue weighted by atomic mass is 19.1. The van der Waals surface area contributed by atoms with E-state index in [-0.39, 0.29) is 12.3 Å². The van der Waals surface area contributed by atoms with Crippen LogP contribution in [-0.4, -0.2) is 20.8 Å². The predicted octanol–water partition coefficient (Wildman–Crippen LogP) is 4.51. The van der Waals surface area contributed by atoms with Gasteiger partial charge in [0.15, 0.2) is 5.69 Å². The number of ether oxygens (including phenoxy) is 1. The number of anilines is 1. The van der Waals surface area contributed by atoms with Gasteiger partial charge in [-0.2, -0.15) is 5.10 Å². The molecule has 0 fully saturated rings. The van der Waals surface area contributed by atoms with E-state index in [4.69, 9.17) is 9.26 Å². The zero-order valence-electron chi connectivity index (χ0n) is 17.1. The SMILES string of the molecule is Cc1ccc(Cn2cc(NC(=O)c3noc(C)c3COc3cccc(F)c3)cn2)cc1. The Kier molecular flexibility index (Phi) is 5.79. The molecule has 1 N–H and O–H groups in total. The topological polar surface area (TPSA) is 82.2 Å². The number of nitrogens with zero attached hydrogens (tertiary/aromatic N) is 3. The smallest absolute Gasteiger partial charge is 0.278 e. The minimum absolute atomic E-state index is 0.0220. The Balaban J connectivity index is 1.42. The quantitative estimate of drug-likeness (QED) is 0.476. The van der Waals surface area contributed by atoms with Gasteiger partial charge in [-0.05, 0) is 31.5 Å². The van der Waals surface area contributed by atoms with Crippen molar-refractivity contribution < 1.29 is 18.4 Å². The minimum Gasteiger partial charge on any atom is -0.489 e. The first-order valence-corrected chi connectivity index (χ1v) is 9.71. The Morgan fingerprint density at radius 1 is 1.19 bits per heavy atom. The van der Waals surface area contributed by atoms with Gasteiger partial charge >= 0.3 is 0 Å². The van der Waals surface area contributed by atoms with Crippen molar-refractivity contribution in [2.45, 2.75) is 27.0 Å². The molecule has 7 nitrogen and oxygen atoms in total. The Labute approximate surface area is 178 Å². The number of halogens is 1. The van der Waals surface area contributed by atoms with E-state index in [1.165, 1.54) is 17.7 Å². The zero-order chi connectivity index (χ0) is 21.8. The number of nitrogens with one attached hydrogen (secondary N) is 1. The molecule has 4 rings (SSSR count). The van der Waals surface area contributed by atoms with Crippen LogP contribution in [0, 0.1) is 19.7 Å². The standard InChI is InChI=1S/C23H21FN4O3/c1-15-6-8-17(9-7-15)12-28-13-19(11-25-28)26-23(29)22-21(16(2)31-27-22)14-30-20-5-3-4-18(24)10-20/h3-11,13H,12,14H2,1-2H3,(H,26,29). The van der Waals surface area contributed by atoms with Gasteiger partial charge in [0.2, 0.25) is 0 Å². The van der Waals surface area contributed by atoms with Crippen molar-refractivity contribution >= 4 is 11.6 Å². The van der Waals surface area contributed by atoms with Gasteiger partial charge in [-0.3, -0.25) is 9.48 Å². The van der Waals surface area contributed by atoms with Crippen molar-refractivity contribution in [1.29, 1.82) is 0 Å². The summed E-state index contributed by atoms with van der Waals surface area (Å²) in [6, 6.07) is 13.9. The maximum Gasteiger partial charge on any atom is 0.278 e. The van der Waals surface area contributed by atoms with E-state index in [0.29, 0.717) is 29.3 Å². The van der Waals surface area contributed by atoms with Crippen LogP contribution in [0.2, 0.25) is 0 Å². The highest BCUT2D eigenvalue weighted by Gasteiger charge is 2.21. The molecule has 0 spiro atoms. The zero-order valence-corrected chi connectivity index (χ0v) is 17.1.